The lowest BCUT2D eigenvalue weighted by Crippen LogP contribution is -2.11. The molecule has 0 saturated carbocycles. The van der Waals surface area contributed by atoms with Crippen LogP contribution in [0.15, 0.2) is 29.1 Å². The van der Waals surface area contributed by atoms with Crippen molar-refractivity contribution in [2.75, 3.05) is 0 Å². The Labute approximate surface area is 105 Å². The molecule has 0 aliphatic carbocycles. The van der Waals surface area contributed by atoms with Gasteiger partial charge < -0.3 is 5.73 Å². The molecule has 1 aromatic heterocycles. The predicted octanol–water partition coefficient (Wildman–Crippen LogP) is 2.93. The number of hydrogen-bond acceptors (Lipinski definition) is 2. The van der Waals surface area contributed by atoms with Gasteiger partial charge in [-0.05, 0) is 28.9 Å². The van der Waals surface area contributed by atoms with Crippen molar-refractivity contribution in [2.45, 2.75) is 13.0 Å². The van der Waals surface area contributed by atoms with Crippen molar-refractivity contribution < 1.29 is 8.78 Å². The number of hydrogen-bond donors (Lipinski definition) is 1. The summed E-state index contributed by atoms with van der Waals surface area (Å²) in [4.78, 5) is 3.92. The highest BCUT2D eigenvalue weighted by atomic mass is 79.9. The van der Waals surface area contributed by atoms with Crippen LogP contribution < -0.4 is 5.73 Å². The van der Waals surface area contributed by atoms with Crippen LogP contribution >= 0.6 is 15.9 Å². The van der Waals surface area contributed by atoms with E-state index in [1.165, 1.54) is 17.0 Å². The molecule has 0 aliphatic rings. The van der Waals surface area contributed by atoms with Gasteiger partial charge in [0.2, 0.25) is 0 Å². The van der Waals surface area contributed by atoms with E-state index >= 15 is 0 Å². The number of imidazole rings is 1. The van der Waals surface area contributed by atoms with Crippen molar-refractivity contribution in [1.82, 2.24) is 9.55 Å². The normalized spacial score (nSPS) is 12.8. The molecular weight excluding hydrogens is 292 g/mol. The molecule has 0 spiro atoms. The van der Waals surface area contributed by atoms with E-state index in [1.54, 1.807) is 13.1 Å². The quantitative estimate of drug-likeness (QED) is 0.867. The number of nitrogens with zero attached hydrogens (tertiary/aromatic N) is 2. The monoisotopic (exact) mass is 301 g/mol. The Kier molecular flexibility index (Phi) is 3.26. The molecule has 0 aliphatic heterocycles. The predicted molar refractivity (Wildman–Crippen MR) is 63.8 cm³/mol. The smallest absolute Gasteiger partial charge is 0.150 e. The fraction of sp³-hybridized carbons (Fsp3) is 0.182. The molecule has 0 unspecified atom stereocenters. The van der Waals surface area contributed by atoms with E-state index in [2.05, 4.69) is 20.9 Å². The van der Waals surface area contributed by atoms with Crippen LogP contribution in [0.3, 0.4) is 0 Å². The lowest BCUT2D eigenvalue weighted by molar-refractivity contribution is 0.571. The largest absolute Gasteiger partial charge is 0.323 e. The molecule has 17 heavy (non-hydrogen) atoms. The van der Waals surface area contributed by atoms with Crippen molar-refractivity contribution in [2.24, 2.45) is 5.73 Å². The topological polar surface area (TPSA) is 43.8 Å². The summed E-state index contributed by atoms with van der Waals surface area (Å²) in [7, 11) is 0. The van der Waals surface area contributed by atoms with Crippen molar-refractivity contribution in [3.8, 4) is 5.69 Å². The van der Waals surface area contributed by atoms with Crippen LogP contribution in [0.25, 0.3) is 5.69 Å². The van der Waals surface area contributed by atoms with Gasteiger partial charge in [0.25, 0.3) is 0 Å². The van der Waals surface area contributed by atoms with Gasteiger partial charge in [-0.3, -0.25) is 4.57 Å². The van der Waals surface area contributed by atoms with Crippen molar-refractivity contribution in [1.29, 1.82) is 0 Å². The minimum absolute atomic E-state index is 0.193. The molecular formula is C11H10BrF2N3. The molecule has 0 fully saturated rings. The zero-order valence-electron chi connectivity index (χ0n) is 8.99. The zero-order chi connectivity index (χ0) is 12.6. The summed E-state index contributed by atoms with van der Waals surface area (Å²) in [6, 6.07) is 1.89. The summed E-state index contributed by atoms with van der Waals surface area (Å²) < 4.78 is 28.5. The first-order valence-corrected chi connectivity index (χ1v) is 5.72. The van der Waals surface area contributed by atoms with Gasteiger partial charge >= 0.3 is 0 Å². The van der Waals surface area contributed by atoms with E-state index in [4.69, 9.17) is 5.73 Å². The summed E-state index contributed by atoms with van der Waals surface area (Å²) in [6.45, 7) is 1.77. The van der Waals surface area contributed by atoms with Crippen LogP contribution in [-0.2, 0) is 0 Å². The first-order valence-electron chi connectivity index (χ1n) is 4.93. The van der Waals surface area contributed by atoms with Crippen LogP contribution in [0.5, 0.6) is 0 Å². The van der Waals surface area contributed by atoms with E-state index in [0.717, 1.165) is 6.07 Å². The number of aromatic nitrogens is 2. The summed E-state index contributed by atoms with van der Waals surface area (Å²) in [6.07, 6.45) is 3.00. The fourth-order valence-electron chi connectivity index (χ4n) is 1.54. The van der Waals surface area contributed by atoms with Crippen molar-refractivity contribution in [3.63, 3.8) is 0 Å². The molecule has 3 nitrogen and oxygen atoms in total. The van der Waals surface area contributed by atoms with Gasteiger partial charge in [-0.1, -0.05) is 0 Å². The van der Waals surface area contributed by atoms with E-state index in [-0.39, 0.29) is 16.2 Å². The third-order valence-corrected chi connectivity index (χ3v) is 2.99. The van der Waals surface area contributed by atoms with Gasteiger partial charge in [-0.15, -0.1) is 0 Å². The highest BCUT2D eigenvalue weighted by Crippen LogP contribution is 2.25. The second-order valence-corrected chi connectivity index (χ2v) is 4.55. The van der Waals surface area contributed by atoms with E-state index in [0.29, 0.717) is 5.69 Å². The molecule has 0 saturated heterocycles. The summed E-state index contributed by atoms with van der Waals surface area (Å²) in [5, 5.41) is 0. The van der Waals surface area contributed by atoms with E-state index < -0.39 is 11.6 Å². The molecule has 1 atom stereocenters. The molecule has 2 rings (SSSR count). The van der Waals surface area contributed by atoms with Crippen LogP contribution in [0.4, 0.5) is 8.78 Å². The van der Waals surface area contributed by atoms with Crippen molar-refractivity contribution >= 4 is 15.9 Å². The Balaban J connectivity index is 2.60. The maximum atomic E-state index is 13.7. The Morgan fingerprint density at radius 1 is 1.35 bits per heavy atom. The first-order chi connectivity index (χ1) is 8.00. The molecule has 0 amide bonds. The molecule has 6 heteroatoms. The lowest BCUT2D eigenvalue weighted by atomic mass is 10.2. The third kappa shape index (κ3) is 2.23. The second kappa shape index (κ2) is 4.54. The number of halogens is 3. The van der Waals surface area contributed by atoms with Gasteiger partial charge in [0.1, 0.15) is 11.6 Å². The molecule has 1 heterocycles. The zero-order valence-corrected chi connectivity index (χ0v) is 10.6. The maximum absolute atomic E-state index is 13.7. The molecule has 90 valence electrons. The molecule has 1 aromatic carbocycles. The minimum Gasteiger partial charge on any atom is -0.323 e. The third-order valence-electron chi connectivity index (χ3n) is 2.38. The van der Waals surface area contributed by atoms with Crippen LogP contribution in [0, 0.1) is 11.6 Å². The molecule has 2 N–H and O–H groups in total. The van der Waals surface area contributed by atoms with Crippen LogP contribution in [0.1, 0.15) is 18.7 Å². The first kappa shape index (κ1) is 12.2. The average molecular weight is 302 g/mol. The Bertz CT molecular complexity index is 552. The van der Waals surface area contributed by atoms with Gasteiger partial charge in [0.05, 0.1) is 28.4 Å². The minimum atomic E-state index is -0.661. The van der Waals surface area contributed by atoms with Crippen LogP contribution in [0.2, 0.25) is 0 Å². The van der Waals surface area contributed by atoms with Gasteiger partial charge in [0.15, 0.2) is 0 Å². The molecule has 0 bridgehead atoms. The lowest BCUT2D eigenvalue weighted by Gasteiger charge is -2.12. The van der Waals surface area contributed by atoms with E-state index in [9.17, 15) is 8.78 Å². The molecule has 0 radical (unpaired) electrons. The summed E-state index contributed by atoms with van der Waals surface area (Å²) in [5.74, 6) is -1.31. The number of rotatable bonds is 2. The van der Waals surface area contributed by atoms with Crippen LogP contribution in [-0.4, -0.2) is 9.55 Å². The standard InChI is InChI=1S/C11H10BrF2N3/c1-6(15)11-4-16-5-17(11)10-2-7(12)8(13)3-9(10)14/h2-6H,15H2,1H3/t6-/m0/s1. The number of benzene rings is 1. The Morgan fingerprint density at radius 2 is 2.06 bits per heavy atom. The summed E-state index contributed by atoms with van der Waals surface area (Å²) >= 11 is 3.02. The molecule has 2 aromatic rings. The average Bonchev–Trinajstić information content (AvgIpc) is 2.72. The maximum Gasteiger partial charge on any atom is 0.150 e. The Morgan fingerprint density at radius 3 is 2.71 bits per heavy atom. The van der Waals surface area contributed by atoms with Gasteiger partial charge in [0, 0.05) is 12.1 Å². The fourth-order valence-corrected chi connectivity index (χ4v) is 1.87. The highest BCUT2D eigenvalue weighted by molar-refractivity contribution is 9.10. The Hall–Kier alpha value is -1.27. The number of nitrogens with two attached hydrogens (primary N) is 1. The van der Waals surface area contributed by atoms with Crippen molar-refractivity contribution in [3.05, 3.63) is 46.5 Å². The second-order valence-electron chi connectivity index (χ2n) is 3.69. The van der Waals surface area contributed by atoms with Gasteiger partial charge in [-0.2, -0.15) is 0 Å². The highest BCUT2D eigenvalue weighted by Gasteiger charge is 2.14. The van der Waals surface area contributed by atoms with Gasteiger partial charge in [-0.25, -0.2) is 13.8 Å². The summed E-state index contributed by atoms with van der Waals surface area (Å²) in [5.41, 5.74) is 6.61. The van der Waals surface area contributed by atoms with E-state index in [1.807, 2.05) is 0 Å². The SMILES string of the molecule is C[C@H](N)c1cncn1-c1cc(Br)c(F)cc1F.